The summed E-state index contributed by atoms with van der Waals surface area (Å²) in [6.45, 7) is 22.0. The lowest BCUT2D eigenvalue weighted by Crippen LogP contribution is -2.57. The molecule has 3 aromatic carbocycles. The molecule has 35 heavy (non-hydrogen) atoms. The third-order valence-corrected chi connectivity index (χ3v) is 7.61. The molecule has 176 valence electrons. The van der Waals surface area contributed by atoms with Gasteiger partial charge in [0.1, 0.15) is 17.7 Å². The van der Waals surface area contributed by atoms with Gasteiger partial charge in [-0.3, -0.25) is 0 Å². The van der Waals surface area contributed by atoms with Crippen LogP contribution in [0.5, 0.6) is 0 Å². The van der Waals surface area contributed by atoms with Crippen molar-refractivity contribution in [2.24, 2.45) is 0 Å². The standard InChI is InChI=1S/C32H35BN2/c1-18-11-20(3)30(21(4)12-18)33(31-22(5)13-19(2)14-23(31)6)32-26(9)24(7)29(25(8)27(32)10)15-28(16-34)17-35/h11-15H,1-10H3. The van der Waals surface area contributed by atoms with E-state index in [0.29, 0.717) is 0 Å². The number of aryl methyl sites for hydroxylation is 6. The molecule has 2 nitrogen and oxygen atoms in total. The van der Waals surface area contributed by atoms with E-state index in [9.17, 15) is 10.5 Å². The van der Waals surface area contributed by atoms with Crippen LogP contribution in [0.15, 0.2) is 29.8 Å². The number of nitriles is 2. The van der Waals surface area contributed by atoms with Crippen molar-refractivity contribution in [3.05, 3.63) is 91.0 Å². The van der Waals surface area contributed by atoms with Crippen LogP contribution in [-0.4, -0.2) is 6.71 Å². The van der Waals surface area contributed by atoms with Gasteiger partial charge in [-0.25, -0.2) is 0 Å². The van der Waals surface area contributed by atoms with Gasteiger partial charge in [0.2, 0.25) is 6.71 Å². The first-order valence-corrected chi connectivity index (χ1v) is 12.2. The van der Waals surface area contributed by atoms with E-state index in [-0.39, 0.29) is 12.3 Å². The highest BCUT2D eigenvalue weighted by atomic mass is 14.3. The van der Waals surface area contributed by atoms with Crippen molar-refractivity contribution in [1.29, 1.82) is 10.5 Å². The van der Waals surface area contributed by atoms with Crippen LogP contribution in [-0.2, 0) is 0 Å². The fourth-order valence-electron chi connectivity index (χ4n) is 5.98. The lowest BCUT2D eigenvalue weighted by Gasteiger charge is -2.29. The number of benzene rings is 3. The normalized spacial score (nSPS) is 10.5. The number of hydrogen-bond donors (Lipinski definition) is 0. The minimum Gasteiger partial charge on any atom is -0.192 e. The Morgan fingerprint density at radius 3 is 1.23 bits per heavy atom. The molecule has 0 radical (unpaired) electrons. The number of rotatable bonds is 4. The van der Waals surface area contributed by atoms with E-state index >= 15 is 0 Å². The van der Waals surface area contributed by atoms with Crippen LogP contribution >= 0.6 is 0 Å². The summed E-state index contributed by atoms with van der Waals surface area (Å²) in [5, 5.41) is 18.7. The van der Waals surface area contributed by atoms with Crippen LogP contribution in [0.2, 0.25) is 0 Å². The van der Waals surface area contributed by atoms with Gasteiger partial charge in [0, 0.05) is 0 Å². The van der Waals surface area contributed by atoms with E-state index in [4.69, 9.17) is 0 Å². The summed E-state index contributed by atoms with van der Waals surface area (Å²) in [5.74, 6) is 0. The average molecular weight is 458 g/mol. The molecule has 0 amide bonds. The van der Waals surface area contributed by atoms with Crippen LogP contribution in [0, 0.1) is 91.9 Å². The summed E-state index contributed by atoms with van der Waals surface area (Å²) in [7, 11) is 0. The first-order valence-electron chi connectivity index (χ1n) is 12.2. The summed E-state index contributed by atoms with van der Waals surface area (Å²) in [4.78, 5) is 0. The van der Waals surface area contributed by atoms with Gasteiger partial charge in [-0.1, -0.05) is 85.2 Å². The minimum absolute atomic E-state index is 0.0954. The molecule has 0 fully saturated rings. The van der Waals surface area contributed by atoms with Gasteiger partial charge >= 0.3 is 0 Å². The molecule has 0 spiro atoms. The predicted molar refractivity (Wildman–Crippen MR) is 151 cm³/mol. The van der Waals surface area contributed by atoms with Gasteiger partial charge in [-0.05, 0) is 92.0 Å². The second kappa shape index (κ2) is 9.97. The molecule has 0 heterocycles. The van der Waals surface area contributed by atoms with Crippen molar-refractivity contribution in [3.63, 3.8) is 0 Å². The maximum Gasteiger partial charge on any atom is 0.243 e. The van der Waals surface area contributed by atoms with E-state index in [2.05, 4.69) is 93.5 Å². The lowest BCUT2D eigenvalue weighted by molar-refractivity contribution is 1.25. The van der Waals surface area contributed by atoms with Gasteiger partial charge in [0.05, 0.1) is 0 Å². The first-order chi connectivity index (χ1) is 16.4. The molecule has 0 atom stereocenters. The minimum atomic E-state index is 0.0954. The largest absolute Gasteiger partial charge is 0.243 e. The van der Waals surface area contributed by atoms with E-state index < -0.39 is 0 Å². The van der Waals surface area contributed by atoms with E-state index in [1.807, 2.05) is 12.1 Å². The fourth-order valence-corrected chi connectivity index (χ4v) is 5.98. The SMILES string of the molecule is Cc1cc(C)c(B(c2c(C)cc(C)cc2C)c2c(C)c(C)c(C=C(C#N)C#N)c(C)c2C)c(C)c1. The summed E-state index contributed by atoms with van der Waals surface area (Å²) in [6, 6.07) is 13.2. The summed E-state index contributed by atoms with van der Waals surface area (Å²) in [6.07, 6.45) is 1.74. The van der Waals surface area contributed by atoms with Crippen LogP contribution in [0.1, 0.15) is 61.2 Å². The quantitative estimate of drug-likeness (QED) is 0.371. The average Bonchev–Trinajstić information content (AvgIpc) is 2.76. The van der Waals surface area contributed by atoms with Crippen LogP contribution in [0.25, 0.3) is 6.08 Å². The molecule has 0 aliphatic heterocycles. The Balaban J connectivity index is 2.52. The lowest BCUT2D eigenvalue weighted by atomic mass is 9.32. The Bertz CT molecular complexity index is 1310. The molecule has 3 heteroatoms. The second-order valence-corrected chi connectivity index (χ2v) is 10.2. The zero-order chi connectivity index (χ0) is 26.2. The number of hydrogen-bond acceptors (Lipinski definition) is 2. The van der Waals surface area contributed by atoms with Crippen LogP contribution in [0.3, 0.4) is 0 Å². The monoisotopic (exact) mass is 458 g/mol. The Morgan fingerprint density at radius 1 is 0.571 bits per heavy atom. The van der Waals surface area contributed by atoms with Gasteiger partial charge in [0.15, 0.2) is 0 Å². The molecular formula is C32H35BN2. The van der Waals surface area contributed by atoms with Gasteiger partial charge in [-0.2, -0.15) is 10.5 Å². The molecule has 0 aromatic heterocycles. The molecule has 0 saturated carbocycles. The van der Waals surface area contributed by atoms with E-state index in [1.165, 1.54) is 60.9 Å². The Morgan fingerprint density at radius 2 is 0.914 bits per heavy atom. The van der Waals surface area contributed by atoms with Gasteiger partial charge in [-0.15, -0.1) is 0 Å². The Labute approximate surface area is 212 Å². The highest BCUT2D eigenvalue weighted by Gasteiger charge is 2.32. The second-order valence-electron chi connectivity index (χ2n) is 10.2. The highest BCUT2D eigenvalue weighted by molar-refractivity contribution is 6.97. The molecule has 0 aliphatic carbocycles. The third kappa shape index (κ3) is 4.69. The highest BCUT2D eigenvalue weighted by Crippen LogP contribution is 2.25. The van der Waals surface area contributed by atoms with E-state index in [1.54, 1.807) is 6.08 Å². The Hall–Kier alpha value is -3.56. The predicted octanol–water partition coefficient (Wildman–Crippen LogP) is 5.72. The zero-order valence-corrected chi connectivity index (χ0v) is 22.9. The molecule has 0 saturated heterocycles. The first kappa shape index (κ1) is 26.1. The van der Waals surface area contributed by atoms with Crippen molar-refractivity contribution >= 4 is 29.2 Å². The molecule has 3 aromatic rings. The molecule has 0 aliphatic rings. The van der Waals surface area contributed by atoms with Gasteiger partial charge in [0.25, 0.3) is 0 Å². The van der Waals surface area contributed by atoms with Crippen molar-refractivity contribution in [2.45, 2.75) is 69.2 Å². The maximum absolute atomic E-state index is 9.37. The molecule has 0 bridgehead atoms. The number of allylic oxidation sites excluding steroid dienone is 1. The molecule has 0 unspecified atom stereocenters. The van der Waals surface area contributed by atoms with Crippen LogP contribution < -0.4 is 16.4 Å². The third-order valence-electron chi connectivity index (χ3n) is 7.61. The van der Waals surface area contributed by atoms with Crippen molar-refractivity contribution < 1.29 is 0 Å². The smallest absolute Gasteiger partial charge is 0.192 e. The topological polar surface area (TPSA) is 47.6 Å². The summed E-state index contributed by atoms with van der Waals surface area (Å²) in [5.41, 5.74) is 17.7. The maximum atomic E-state index is 9.37. The van der Waals surface area contributed by atoms with Gasteiger partial charge < -0.3 is 0 Å². The number of nitrogens with zero attached hydrogens (tertiary/aromatic N) is 2. The molecule has 0 N–H and O–H groups in total. The molecule has 3 rings (SSSR count). The zero-order valence-electron chi connectivity index (χ0n) is 22.9. The molecular weight excluding hydrogens is 423 g/mol. The van der Waals surface area contributed by atoms with Crippen molar-refractivity contribution in [1.82, 2.24) is 0 Å². The van der Waals surface area contributed by atoms with Crippen molar-refractivity contribution in [2.75, 3.05) is 0 Å². The fraction of sp³-hybridized carbons (Fsp3) is 0.312. The summed E-state index contributed by atoms with van der Waals surface area (Å²) >= 11 is 0. The van der Waals surface area contributed by atoms with Crippen LogP contribution in [0.4, 0.5) is 0 Å². The Kier molecular flexibility index (Phi) is 7.43. The van der Waals surface area contributed by atoms with Crippen molar-refractivity contribution in [3.8, 4) is 12.1 Å². The summed E-state index contributed by atoms with van der Waals surface area (Å²) < 4.78 is 0. The van der Waals surface area contributed by atoms with E-state index in [0.717, 1.165) is 16.7 Å².